The largest absolute Gasteiger partial charge is 0.487 e. The molecule has 0 saturated heterocycles. The first-order valence-corrected chi connectivity index (χ1v) is 6.03. The Kier molecular flexibility index (Phi) is 4.39. The summed E-state index contributed by atoms with van der Waals surface area (Å²) in [5.41, 5.74) is 7.29. The van der Waals surface area contributed by atoms with Gasteiger partial charge in [-0.15, -0.1) is 0 Å². The average Bonchev–Trinajstić information content (AvgIpc) is 2.90. The number of nitrogens with two attached hydrogens (primary N) is 1. The first-order chi connectivity index (χ1) is 8.79. The van der Waals surface area contributed by atoms with Gasteiger partial charge in [0.1, 0.15) is 12.4 Å². The van der Waals surface area contributed by atoms with E-state index in [0.717, 1.165) is 17.0 Å². The molecule has 0 saturated carbocycles. The number of aromatic nitrogens is 1. The zero-order valence-electron chi connectivity index (χ0n) is 10.2. The summed E-state index contributed by atoms with van der Waals surface area (Å²) >= 11 is 0. The molecule has 4 heteroatoms. The Morgan fingerprint density at radius 2 is 2.17 bits per heavy atom. The van der Waals surface area contributed by atoms with Gasteiger partial charge in [0.25, 0.3) is 0 Å². The molecule has 96 valence electrons. The first-order valence-electron chi connectivity index (χ1n) is 6.03. The molecule has 0 bridgehead atoms. The quantitative estimate of drug-likeness (QED) is 0.729. The second kappa shape index (κ2) is 6.23. The van der Waals surface area contributed by atoms with Crippen molar-refractivity contribution in [3.63, 3.8) is 0 Å². The lowest BCUT2D eigenvalue weighted by molar-refractivity contribution is 0.169. The first kappa shape index (κ1) is 12.7. The van der Waals surface area contributed by atoms with Crippen molar-refractivity contribution in [2.24, 2.45) is 5.73 Å². The zero-order chi connectivity index (χ0) is 12.8. The zero-order valence-corrected chi connectivity index (χ0v) is 10.2. The predicted octanol–water partition coefficient (Wildman–Crippen LogP) is 1.98. The molecule has 1 atom stereocenters. The van der Waals surface area contributed by atoms with Crippen molar-refractivity contribution in [3.8, 4) is 5.75 Å². The van der Waals surface area contributed by atoms with Crippen LogP contribution in [0.1, 0.15) is 23.8 Å². The van der Waals surface area contributed by atoms with Crippen molar-refractivity contribution in [2.75, 3.05) is 6.54 Å². The van der Waals surface area contributed by atoms with Gasteiger partial charge in [-0.2, -0.15) is 0 Å². The lowest BCUT2D eigenvalue weighted by Gasteiger charge is -2.11. The summed E-state index contributed by atoms with van der Waals surface area (Å²) < 4.78 is 5.65. The number of hydrogen-bond donors (Lipinski definition) is 3. The number of ether oxygens (including phenoxy) is 1. The molecule has 1 aromatic heterocycles. The van der Waals surface area contributed by atoms with Gasteiger partial charge < -0.3 is 20.6 Å². The number of hydrogen-bond acceptors (Lipinski definition) is 3. The molecule has 1 heterocycles. The summed E-state index contributed by atoms with van der Waals surface area (Å²) in [5.74, 6) is 0.748. The molecule has 4 nitrogen and oxygen atoms in total. The molecule has 1 aromatic carbocycles. The van der Waals surface area contributed by atoms with Gasteiger partial charge in [-0.1, -0.05) is 12.1 Å². The topological polar surface area (TPSA) is 71.3 Å². The molecule has 0 fully saturated rings. The van der Waals surface area contributed by atoms with E-state index >= 15 is 0 Å². The molecule has 0 aliphatic heterocycles. The van der Waals surface area contributed by atoms with E-state index in [4.69, 9.17) is 10.5 Å². The lowest BCUT2D eigenvalue weighted by atomic mass is 10.1. The van der Waals surface area contributed by atoms with Gasteiger partial charge in [0.05, 0.1) is 11.8 Å². The second-order valence-corrected chi connectivity index (χ2v) is 4.15. The Morgan fingerprint density at radius 1 is 1.28 bits per heavy atom. The van der Waals surface area contributed by atoms with Crippen LogP contribution in [0.5, 0.6) is 5.75 Å². The van der Waals surface area contributed by atoms with Gasteiger partial charge in [0, 0.05) is 6.20 Å². The molecule has 18 heavy (non-hydrogen) atoms. The molecular formula is C14H18N2O2. The number of H-pyrrole nitrogens is 1. The fourth-order valence-electron chi connectivity index (χ4n) is 1.75. The highest BCUT2D eigenvalue weighted by molar-refractivity contribution is 5.30. The molecule has 2 aromatic rings. The summed E-state index contributed by atoms with van der Waals surface area (Å²) in [6.07, 6.45) is 1.89. The normalized spacial score (nSPS) is 12.3. The van der Waals surface area contributed by atoms with Crippen LogP contribution < -0.4 is 10.5 Å². The maximum absolute atomic E-state index is 9.86. The van der Waals surface area contributed by atoms with Gasteiger partial charge in [-0.05, 0) is 42.8 Å². The maximum Gasteiger partial charge on any atom is 0.128 e. The van der Waals surface area contributed by atoms with Gasteiger partial charge in [-0.25, -0.2) is 0 Å². The van der Waals surface area contributed by atoms with E-state index in [-0.39, 0.29) is 0 Å². The van der Waals surface area contributed by atoms with Crippen LogP contribution in [0.4, 0.5) is 0 Å². The van der Waals surface area contributed by atoms with Crippen LogP contribution in [-0.2, 0) is 6.61 Å². The highest BCUT2D eigenvalue weighted by atomic mass is 16.5. The average molecular weight is 246 g/mol. The van der Waals surface area contributed by atoms with Crippen molar-refractivity contribution < 1.29 is 9.84 Å². The van der Waals surface area contributed by atoms with Gasteiger partial charge in [0.2, 0.25) is 0 Å². The molecule has 4 N–H and O–H groups in total. The standard InChI is InChI=1S/C14H18N2O2/c15-7-6-14(17)11-3-1-5-13(9-11)18-10-12-4-2-8-16-12/h1-5,8-9,14,16-17H,6-7,10,15H2. The van der Waals surface area contributed by atoms with E-state index < -0.39 is 6.10 Å². The Balaban J connectivity index is 1.98. The van der Waals surface area contributed by atoms with Gasteiger partial charge >= 0.3 is 0 Å². The van der Waals surface area contributed by atoms with Crippen LogP contribution >= 0.6 is 0 Å². The number of aliphatic hydroxyl groups is 1. The van der Waals surface area contributed by atoms with Gasteiger partial charge in [-0.3, -0.25) is 0 Å². The molecule has 0 aliphatic carbocycles. The SMILES string of the molecule is NCCC(O)c1cccc(OCc2ccc[nH]2)c1. The Hall–Kier alpha value is -1.78. The van der Waals surface area contributed by atoms with Crippen molar-refractivity contribution in [3.05, 3.63) is 53.9 Å². The van der Waals surface area contributed by atoms with Gasteiger partial charge in [0.15, 0.2) is 0 Å². The van der Waals surface area contributed by atoms with Crippen LogP contribution in [0.25, 0.3) is 0 Å². The number of nitrogens with one attached hydrogen (secondary N) is 1. The second-order valence-electron chi connectivity index (χ2n) is 4.15. The lowest BCUT2D eigenvalue weighted by Crippen LogP contribution is -2.06. The molecule has 0 radical (unpaired) electrons. The maximum atomic E-state index is 9.86. The fourth-order valence-corrected chi connectivity index (χ4v) is 1.75. The summed E-state index contributed by atoms with van der Waals surface area (Å²) in [5, 5.41) is 9.86. The van der Waals surface area contributed by atoms with E-state index in [0.29, 0.717) is 19.6 Å². The summed E-state index contributed by atoms with van der Waals surface area (Å²) in [7, 11) is 0. The number of benzene rings is 1. The molecule has 0 spiro atoms. The monoisotopic (exact) mass is 246 g/mol. The summed E-state index contributed by atoms with van der Waals surface area (Å²) in [6, 6.07) is 11.4. The minimum Gasteiger partial charge on any atom is -0.487 e. The molecule has 1 unspecified atom stereocenters. The molecule has 0 amide bonds. The highest BCUT2D eigenvalue weighted by Gasteiger charge is 2.07. The minimum absolute atomic E-state index is 0.467. The van der Waals surface area contributed by atoms with Crippen molar-refractivity contribution >= 4 is 0 Å². The number of aliphatic hydroxyl groups excluding tert-OH is 1. The van der Waals surface area contributed by atoms with Crippen molar-refractivity contribution in [2.45, 2.75) is 19.1 Å². The molecule has 0 aliphatic rings. The van der Waals surface area contributed by atoms with Crippen LogP contribution in [0.2, 0.25) is 0 Å². The minimum atomic E-state index is -0.524. The van der Waals surface area contributed by atoms with Crippen LogP contribution in [-0.4, -0.2) is 16.6 Å². The van der Waals surface area contributed by atoms with E-state index in [1.54, 1.807) is 0 Å². The third-order valence-electron chi connectivity index (χ3n) is 2.74. The fraction of sp³-hybridized carbons (Fsp3) is 0.286. The van der Waals surface area contributed by atoms with E-state index in [2.05, 4.69) is 4.98 Å². The number of aromatic amines is 1. The third kappa shape index (κ3) is 3.35. The molecule has 2 rings (SSSR count). The predicted molar refractivity (Wildman–Crippen MR) is 70.2 cm³/mol. The molecular weight excluding hydrogens is 228 g/mol. The van der Waals surface area contributed by atoms with E-state index in [9.17, 15) is 5.11 Å². The van der Waals surface area contributed by atoms with Crippen LogP contribution in [0.3, 0.4) is 0 Å². The van der Waals surface area contributed by atoms with E-state index in [1.165, 1.54) is 0 Å². The number of rotatable bonds is 6. The Bertz CT molecular complexity index is 468. The summed E-state index contributed by atoms with van der Waals surface area (Å²) in [6.45, 7) is 0.957. The smallest absolute Gasteiger partial charge is 0.128 e. The summed E-state index contributed by atoms with van der Waals surface area (Å²) in [4.78, 5) is 3.07. The Labute approximate surface area is 106 Å². The van der Waals surface area contributed by atoms with E-state index in [1.807, 2.05) is 42.6 Å². The van der Waals surface area contributed by atoms with Crippen molar-refractivity contribution in [1.29, 1.82) is 0 Å². The third-order valence-corrected chi connectivity index (χ3v) is 2.74. The van der Waals surface area contributed by atoms with Crippen LogP contribution in [0.15, 0.2) is 42.6 Å². The Morgan fingerprint density at radius 3 is 2.89 bits per heavy atom. The van der Waals surface area contributed by atoms with Crippen molar-refractivity contribution in [1.82, 2.24) is 4.98 Å². The van der Waals surface area contributed by atoms with Crippen LogP contribution in [0, 0.1) is 0 Å². The highest BCUT2D eigenvalue weighted by Crippen LogP contribution is 2.21.